The average molecular weight is 408 g/mol. The van der Waals surface area contributed by atoms with Crippen molar-refractivity contribution in [1.29, 1.82) is 0 Å². The lowest BCUT2D eigenvalue weighted by molar-refractivity contribution is 0.0945. The van der Waals surface area contributed by atoms with Crippen molar-refractivity contribution in [1.82, 2.24) is 34.8 Å². The monoisotopic (exact) mass is 407 g/mol. The van der Waals surface area contributed by atoms with Crippen LogP contribution in [0.3, 0.4) is 0 Å². The lowest BCUT2D eigenvalue weighted by Crippen LogP contribution is -2.26. The number of rotatable bonds is 5. The highest BCUT2D eigenvalue weighted by Crippen LogP contribution is 2.18. The van der Waals surface area contributed by atoms with Crippen LogP contribution in [0.4, 0.5) is 0 Å². The molecule has 146 valence electrons. The summed E-state index contributed by atoms with van der Waals surface area (Å²) in [5.74, 6) is 0.717. The van der Waals surface area contributed by atoms with Crippen LogP contribution in [-0.2, 0) is 6.54 Å². The molecular formula is C20H18ClN7O. The van der Waals surface area contributed by atoms with E-state index in [9.17, 15) is 4.79 Å². The summed E-state index contributed by atoms with van der Waals surface area (Å²) < 4.78 is 3.48. The van der Waals surface area contributed by atoms with Crippen LogP contribution < -0.4 is 5.32 Å². The summed E-state index contributed by atoms with van der Waals surface area (Å²) in [6.45, 7) is 4.00. The molecule has 0 saturated carbocycles. The predicted molar refractivity (Wildman–Crippen MR) is 108 cm³/mol. The molecule has 4 aromatic rings. The van der Waals surface area contributed by atoms with Crippen LogP contribution in [-0.4, -0.2) is 35.4 Å². The Bertz CT molecular complexity index is 1170. The average Bonchev–Trinajstić information content (AvgIpc) is 3.33. The summed E-state index contributed by atoms with van der Waals surface area (Å²) in [7, 11) is 0. The maximum absolute atomic E-state index is 12.7. The van der Waals surface area contributed by atoms with Crippen LogP contribution in [0.5, 0.6) is 0 Å². The molecule has 0 radical (unpaired) electrons. The van der Waals surface area contributed by atoms with Gasteiger partial charge in [-0.25, -0.2) is 9.67 Å². The summed E-state index contributed by atoms with van der Waals surface area (Å²) in [5.41, 5.74) is 2.82. The highest BCUT2D eigenvalue weighted by molar-refractivity contribution is 6.33. The molecule has 29 heavy (non-hydrogen) atoms. The number of carbonyl (C=O) groups excluding carboxylic acids is 1. The van der Waals surface area contributed by atoms with Crippen LogP contribution in [0.25, 0.3) is 11.5 Å². The molecule has 0 aliphatic carbocycles. The third-order valence-corrected chi connectivity index (χ3v) is 4.64. The van der Waals surface area contributed by atoms with E-state index < -0.39 is 5.91 Å². The Labute approximate surface area is 172 Å². The van der Waals surface area contributed by atoms with Crippen LogP contribution in [0.1, 0.15) is 27.7 Å². The summed E-state index contributed by atoms with van der Waals surface area (Å²) in [5, 5.41) is 15.5. The van der Waals surface area contributed by atoms with Gasteiger partial charge in [-0.05, 0) is 44.2 Å². The number of hydrogen-bond acceptors (Lipinski definition) is 5. The van der Waals surface area contributed by atoms with E-state index in [-0.39, 0.29) is 17.3 Å². The highest BCUT2D eigenvalue weighted by Gasteiger charge is 2.16. The summed E-state index contributed by atoms with van der Waals surface area (Å²) in [6, 6.07) is 14.9. The minimum absolute atomic E-state index is 0.127. The molecule has 0 aliphatic heterocycles. The highest BCUT2D eigenvalue weighted by atomic mass is 35.5. The minimum atomic E-state index is -0.402. The van der Waals surface area contributed by atoms with E-state index in [1.54, 1.807) is 23.1 Å². The number of halogens is 1. The van der Waals surface area contributed by atoms with E-state index in [2.05, 4.69) is 25.6 Å². The first-order valence-corrected chi connectivity index (χ1v) is 9.33. The fourth-order valence-electron chi connectivity index (χ4n) is 3.00. The number of carbonyl (C=O) groups is 1. The van der Waals surface area contributed by atoms with Gasteiger partial charge in [-0.2, -0.15) is 5.10 Å². The van der Waals surface area contributed by atoms with Crippen molar-refractivity contribution < 1.29 is 4.79 Å². The number of benzene rings is 1. The summed E-state index contributed by atoms with van der Waals surface area (Å²) in [4.78, 5) is 17.1. The lowest BCUT2D eigenvalue weighted by atomic mass is 10.3. The SMILES string of the molecule is Cc1cc(C)n(-c2ccc(Cl)c(C(=O)NCc3nncn3-c3ccccc3)n2)n1. The number of amides is 1. The van der Waals surface area contributed by atoms with Crippen molar-refractivity contribution in [3.63, 3.8) is 0 Å². The number of para-hydroxylation sites is 1. The van der Waals surface area contributed by atoms with Gasteiger partial charge >= 0.3 is 0 Å². The number of nitrogens with zero attached hydrogens (tertiary/aromatic N) is 6. The first kappa shape index (κ1) is 18.8. The van der Waals surface area contributed by atoms with Crippen molar-refractivity contribution in [3.05, 3.63) is 82.8 Å². The van der Waals surface area contributed by atoms with Gasteiger partial charge in [0.05, 0.1) is 17.3 Å². The van der Waals surface area contributed by atoms with Crippen LogP contribution in [0.2, 0.25) is 5.02 Å². The molecular weight excluding hydrogens is 390 g/mol. The molecule has 1 amide bonds. The molecule has 8 nitrogen and oxygen atoms in total. The molecule has 0 fully saturated rings. The third kappa shape index (κ3) is 3.88. The van der Waals surface area contributed by atoms with Crippen molar-refractivity contribution in [3.8, 4) is 11.5 Å². The largest absolute Gasteiger partial charge is 0.343 e. The Hall–Kier alpha value is -3.52. The van der Waals surface area contributed by atoms with Gasteiger partial charge in [-0.3, -0.25) is 9.36 Å². The summed E-state index contributed by atoms with van der Waals surface area (Å²) in [6.07, 6.45) is 1.60. The lowest BCUT2D eigenvalue weighted by Gasteiger charge is -2.10. The van der Waals surface area contributed by atoms with Gasteiger partial charge in [0.1, 0.15) is 12.0 Å². The van der Waals surface area contributed by atoms with Crippen LogP contribution >= 0.6 is 11.6 Å². The number of aromatic nitrogens is 6. The molecule has 0 unspecified atom stereocenters. The van der Waals surface area contributed by atoms with E-state index in [0.29, 0.717) is 11.6 Å². The Kier molecular flexibility index (Phi) is 5.09. The van der Waals surface area contributed by atoms with Crippen molar-refractivity contribution in [2.75, 3.05) is 0 Å². The molecule has 0 atom stereocenters. The molecule has 3 aromatic heterocycles. The maximum Gasteiger partial charge on any atom is 0.271 e. The van der Waals surface area contributed by atoms with Crippen LogP contribution in [0, 0.1) is 13.8 Å². The Morgan fingerprint density at radius 2 is 1.93 bits per heavy atom. The number of hydrogen-bond donors (Lipinski definition) is 1. The molecule has 0 spiro atoms. The van der Waals surface area contributed by atoms with E-state index in [0.717, 1.165) is 17.1 Å². The molecule has 1 aromatic carbocycles. The first-order chi connectivity index (χ1) is 14.0. The third-order valence-electron chi connectivity index (χ3n) is 4.33. The molecule has 4 rings (SSSR count). The van der Waals surface area contributed by atoms with Gasteiger partial charge in [-0.15, -0.1) is 10.2 Å². The summed E-state index contributed by atoms with van der Waals surface area (Å²) >= 11 is 6.23. The van der Waals surface area contributed by atoms with Gasteiger partial charge in [-0.1, -0.05) is 29.8 Å². The van der Waals surface area contributed by atoms with E-state index in [1.165, 1.54) is 0 Å². The second-order valence-electron chi connectivity index (χ2n) is 6.47. The maximum atomic E-state index is 12.7. The minimum Gasteiger partial charge on any atom is -0.343 e. The van der Waals surface area contributed by atoms with Crippen molar-refractivity contribution >= 4 is 17.5 Å². The zero-order valence-corrected chi connectivity index (χ0v) is 16.6. The molecule has 9 heteroatoms. The predicted octanol–water partition coefficient (Wildman–Crippen LogP) is 3.05. The van der Waals surface area contributed by atoms with Crippen molar-refractivity contribution in [2.45, 2.75) is 20.4 Å². The first-order valence-electron chi connectivity index (χ1n) is 8.95. The van der Waals surface area contributed by atoms with Gasteiger partial charge in [0.2, 0.25) is 0 Å². The number of aryl methyl sites for hydroxylation is 2. The normalized spacial score (nSPS) is 10.9. The Morgan fingerprint density at radius 3 is 2.66 bits per heavy atom. The Balaban J connectivity index is 1.55. The van der Waals surface area contributed by atoms with E-state index in [1.807, 2.05) is 54.8 Å². The van der Waals surface area contributed by atoms with Gasteiger partial charge < -0.3 is 5.32 Å². The van der Waals surface area contributed by atoms with Crippen LogP contribution in [0.15, 0.2) is 54.9 Å². The van der Waals surface area contributed by atoms with E-state index >= 15 is 0 Å². The molecule has 0 aliphatic rings. The van der Waals surface area contributed by atoms with Gasteiger partial charge in [0.25, 0.3) is 5.91 Å². The number of pyridine rings is 1. The smallest absolute Gasteiger partial charge is 0.271 e. The molecule has 0 saturated heterocycles. The fraction of sp³-hybridized carbons (Fsp3) is 0.150. The van der Waals surface area contributed by atoms with Gasteiger partial charge in [0.15, 0.2) is 11.6 Å². The standard InChI is InChI=1S/C20H18ClN7O/c1-13-10-14(2)28(26-13)17-9-8-16(21)19(24-17)20(29)22-11-18-25-23-12-27(18)15-6-4-3-5-7-15/h3-10,12H,11H2,1-2H3,(H,22,29). The second kappa shape index (κ2) is 7.84. The number of nitrogens with one attached hydrogen (secondary N) is 1. The zero-order valence-electron chi connectivity index (χ0n) is 15.9. The van der Waals surface area contributed by atoms with E-state index in [4.69, 9.17) is 11.6 Å². The second-order valence-corrected chi connectivity index (χ2v) is 6.88. The molecule has 3 heterocycles. The molecule has 0 bridgehead atoms. The van der Waals surface area contributed by atoms with Crippen molar-refractivity contribution in [2.24, 2.45) is 0 Å². The quantitative estimate of drug-likeness (QED) is 0.549. The Morgan fingerprint density at radius 1 is 1.14 bits per heavy atom. The molecule has 1 N–H and O–H groups in total. The van der Waals surface area contributed by atoms with Gasteiger partial charge in [0, 0.05) is 11.4 Å². The topological polar surface area (TPSA) is 90.5 Å². The fourth-order valence-corrected chi connectivity index (χ4v) is 3.19. The zero-order chi connectivity index (χ0) is 20.4.